The van der Waals surface area contributed by atoms with Crippen LogP contribution in [0.3, 0.4) is 0 Å². The van der Waals surface area contributed by atoms with Gasteiger partial charge in [0.15, 0.2) is 0 Å². The molecule has 2 fully saturated rings. The van der Waals surface area contributed by atoms with Gasteiger partial charge in [-0.1, -0.05) is 0 Å². The molecule has 0 radical (unpaired) electrons. The Morgan fingerprint density at radius 3 is 2.43 bits per heavy atom. The van der Waals surface area contributed by atoms with Crippen LogP contribution in [0.4, 0.5) is 5.69 Å². The van der Waals surface area contributed by atoms with E-state index in [2.05, 4.69) is 10.1 Å². The van der Waals surface area contributed by atoms with Gasteiger partial charge in [0.25, 0.3) is 0 Å². The van der Waals surface area contributed by atoms with E-state index in [1.165, 1.54) is 7.11 Å². The van der Waals surface area contributed by atoms with Crippen molar-refractivity contribution in [3.8, 4) is 0 Å². The van der Waals surface area contributed by atoms with Gasteiger partial charge in [-0.2, -0.15) is 0 Å². The summed E-state index contributed by atoms with van der Waals surface area (Å²) >= 11 is 0. The smallest absolute Gasteiger partial charge is 0.337 e. The van der Waals surface area contributed by atoms with E-state index in [4.69, 9.17) is 5.73 Å². The summed E-state index contributed by atoms with van der Waals surface area (Å²) in [4.78, 5) is 23.8. The summed E-state index contributed by atoms with van der Waals surface area (Å²) in [7, 11) is 1.34. The predicted molar refractivity (Wildman–Crippen MR) is 78.7 cm³/mol. The van der Waals surface area contributed by atoms with E-state index in [1.807, 2.05) is 0 Å². The summed E-state index contributed by atoms with van der Waals surface area (Å²) < 4.78 is 4.64. The van der Waals surface area contributed by atoms with Crippen LogP contribution in [0.25, 0.3) is 0 Å². The maximum atomic E-state index is 12.4. The molecule has 3 N–H and O–H groups in total. The second kappa shape index (κ2) is 5.48. The molecular formula is C16H20N2O3. The minimum absolute atomic E-state index is 0.000480. The Kier molecular flexibility index (Phi) is 3.68. The van der Waals surface area contributed by atoms with E-state index in [0.29, 0.717) is 23.1 Å². The molecule has 0 aromatic heterocycles. The molecule has 0 heterocycles. The Balaban J connectivity index is 1.66. The van der Waals surface area contributed by atoms with Crippen LogP contribution in [0.15, 0.2) is 24.3 Å². The molecule has 4 atom stereocenters. The molecule has 112 valence electrons. The third kappa shape index (κ3) is 2.53. The Bertz CT molecular complexity index is 553. The maximum absolute atomic E-state index is 12.4. The highest BCUT2D eigenvalue weighted by Gasteiger charge is 2.49. The molecule has 4 unspecified atom stereocenters. The van der Waals surface area contributed by atoms with Gasteiger partial charge in [-0.3, -0.25) is 4.79 Å². The molecule has 2 aliphatic rings. The summed E-state index contributed by atoms with van der Waals surface area (Å²) in [6.45, 7) is 0. The molecule has 0 spiro atoms. The lowest BCUT2D eigenvalue weighted by atomic mass is 9.84. The Labute approximate surface area is 123 Å². The fourth-order valence-corrected chi connectivity index (χ4v) is 3.76. The van der Waals surface area contributed by atoms with Crippen LogP contribution in [0.2, 0.25) is 0 Å². The van der Waals surface area contributed by atoms with Crippen molar-refractivity contribution in [1.82, 2.24) is 0 Å². The van der Waals surface area contributed by atoms with Crippen LogP contribution in [-0.4, -0.2) is 25.0 Å². The molecule has 2 aliphatic carbocycles. The predicted octanol–water partition coefficient (Wildman–Crippen LogP) is 1.79. The summed E-state index contributed by atoms with van der Waals surface area (Å²) in [5.41, 5.74) is 7.33. The average Bonchev–Trinajstić information content (AvgIpc) is 3.08. The summed E-state index contributed by atoms with van der Waals surface area (Å²) in [5.74, 6) is 0.472. The van der Waals surface area contributed by atoms with Gasteiger partial charge in [0.05, 0.1) is 18.6 Å². The van der Waals surface area contributed by atoms with Crippen LogP contribution in [-0.2, 0) is 9.53 Å². The lowest BCUT2D eigenvalue weighted by molar-refractivity contribution is -0.121. The third-order valence-corrected chi connectivity index (χ3v) is 4.86. The maximum Gasteiger partial charge on any atom is 0.337 e. The molecule has 2 saturated carbocycles. The number of ether oxygens (including phenoxy) is 1. The largest absolute Gasteiger partial charge is 0.465 e. The zero-order valence-electron chi connectivity index (χ0n) is 12.0. The Morgan fingerprint density at radius 2 is 1.86 bits per heavy atom. The number of hydrogen-bond donors (Lipinski definition) is 2. The first-order valence-electron chi connectivity index (χ1n) is 7.35. The Morgan fingerprint density at radius 1 is 1.19 bits per heavy atom. The molecule has 1 aromatic rings. The monoisotopic (exact) mass is 288 g/mol. The molecular weight excluding hydrogens is 268 g/mol. The van der Waals surface area contributed by atoms with Crippen LogP contribution >= 0.6 is 0 Å². The number of amides is 1. The molecule has 2 bridgehead atoms. The van der Waals surface area contributed by atoms with Gasteiger partial charge in [-0.15, -0.1) is 0 Å². The topological polar surface area (TPSA) is 81.4 Å². The number of anilines is 1. The van der Waals surface area contributed by atoms with Crippen molar-refractivity contribution in [3.63, 3.8) is 0 Å². The van der Waals surface area contributed by atoms with Crippen molar-refractivity contribution in [1.29, 1.82) is 0 Å². The summed E-state index contributed by atoms with van der Waals surface area (Å²) in [6, 6.07) is 6.69. The number of nitrogens with one attached hydrogen (secondary N) is 1. The first-order valence-corrected chi connectivity index (χ1v) is 7.35. The van der Waals surface area contributed by atoms with Gasteiger partial charge in [-0.05, 0) is 55.4 Å². The highest BCUT2D eigenvalue weighted by atomic mass is 16.5. The van der Waals surface area contributed by atoms with Crippen molar-refractivity contribution < 1.29 is 14.3 Å². The quantitative estimate of drug-likeness (QED) is 0.831. The molecule has 1 aromatic carbocycles. The summed E-state index contributed by atoms with van der Waals surface area (Å²) in [6.07, 6.45) is 3.35. The van der Waals surface area contributed by atoms with E-state index in [-0.39, 0.29) is 23.8 Å². The lowest BCUT2D eigenvalue weighted by Gasteiger charge is -2.27. The number of nitrogens with two attached hydrogens (primary N) is 1. The molecule has 21 heavy (non-hydrogen) atoms. The SMILES string of the molecule is COC(=O)c1ccc(NC(=O)C2C3CCC(C3)C2N)cc1. The molecule has 3 rings (SSSR count). The van der Waals surface area contributed by atoms with Gasteiger partial charge >= 0.3 is 5.97 Å². The molecule has 0 saturated heterocycles. The molecule has 1 amide bonds. The second-order valence-corrected chi connectivity index (χ2v) is 5.99. The van der Waals surface area contributed by atoms with Gasteiger partial charge < -0.3 is 15.8 Å². The van der Waals surface area contributed by atoms with Crippen LogP contribution in [0.5, 0.6) is 0 Å². The van der Waals surface area contributed by atoms with E-state index < -0.39 is 0 Å². The molecule has 5 nitrogen and oxygen atoms in total. The molecule has 5 heteroatoms. The highest BCUT2D eigenvalue weighted by Crippen LogP contribution is 2.47. The van der Waals surface area contributed by atoms with Gasteiger partial charge in [0.1, 0.15) is 0 Å². The first kappa shape index (κ1) is 14.1. The number of fused-ring (bicyclic) bond motifs is 2. The van der Waals surface area contributed by atoms with Crippen molar-refractivity contribution in [2.45, 2.75) is 25.3 Å². The number of carbonyl (C=O) groups excluding carboxylic acids is 2. The number of carbonyl (C=O) groups is 2. The van der Waals surface area contributed by atoms with E-state index >= 15 is 0 Å². The fourth-order valence-electron chi connectivity index (χ4n) is 3.76. The highest BCUT2D eigenvalue weighted by molar-refractivity contribution is 5.95. The van der Waals surface area contributed by atoms with E-state index in [9.17, 15) is 9.59 Å². The number of benzene rings is 1. The standard InChI is InChI=1S/C16H20N2O3/c1-21-16(20)9-4-6-12(7-5-9)18-15(19)13-10-2-3-11(8-10)14(13)17/h4-7,10-11,13-14H,2-3,8,17H2,1H3,(H,18,19). The van der Waals surface area contributed by atoms with Gasteiger partial charge in [0, 0.05) is 11.7 Å². The van der Waals surface area contributed by atoms with Gasteiger partial charge in [0.2, 0.25) is 5.91 Å². The van der Waals surface area contributed by atoms with Crippen LogP contribution < -0.4 is 11.1 Å². The Hall–Kier alpha value is -1.88. The zero-order chi connectivity index (χ0) is 15.0. The lowest BCUT2D eigenvalue weighted by Crippen LogP contribution is -2.42. The van der Waals surface area contributed by atoms with Crippen molar-refractivity contribution in [3.05, 3.63) is 29.8 Å². The van der Waals surface area contributed by atoms with Crippen molar-refractivity contribution >= 4 is 17.6 Å². The number of esters is 1. The minimum atomic E-state index is -0.386. The average molecular weight is 288 g/mol. The zero-order valence-corrected chi connectivity index (χ0v) is 12.0. The number of methoxy groups -OCH3 is 1. The number of rotatable bonds is 3. The summed E-state index contributed by atoms with van der Waals surface area (Å²) in [5, 5.41) is 2.91. The van der Waals surface area contributed by atoms with Crippen molar-refractivity contribution in [2.24, 2.45) is 23.5 Å². The fraction of sp³-hybridized carbons (Fsp3) is 0.500. The molecule has 0 aliphatic heterocycles. The normalized spacial score (nSPS) is 30.2. The second-order valence-electron chi connectivity index (χ2n) is 5.99. The first-order chi connectivity index (χ1) is 10.1. The van der Waals surface area contributed by atoms with Crippen LogP contribution in [0.1, 0.15) is 29.6 Å². The minimum Gasteiger partial charge on any atom is -0.465 e. The van der Waals surface area contributed by atoms with Crippen LogP contribution in [0, 0.1) is 17.8 Å². The van der Waals surface area contributed by atoms with Gasteiger partial charge in [-0.25, -0.2) is 4.79 Å². The third-order valence-electron chi connectivity index (χ3n) is 4.86. The van der Waals surface area contributed by atoms with E-state index in [1.54, 1.807) is 24.3 Å². The van der Waals surface area contributed by atoms with E-state index in [0.717, 1.165) is 19.3 Å². The van der Waals surface area contributed by atoms with Crippen molar-refractivity contribution in [2.75, 3.05) is 12.4 Å². The number of hydrogen-bond acceptors (Lipinski definition) is 4.